The maximum atomic E-state index is 12.3. The van der Waals surface area contributed by atoms with Crippen molar-refractivity contribution in [2.24, 2.45) is 0 Å². The maximum absolute atomic E-state index is 12.3. The molecule has 1 aromatic carbocycles. The molecule has 2 unspecified atom stereocenters. The average molecular weight is 329 g/mol. The van der Waals surface area contributed by atoms with Crippen LogP contribution in [-0.2, 0) is 0 Å². The van der Waals surface area contributed by atoms with Gasteiger partial charge >= 0.3 is 0 Å². The number of hydroxylamine groups is 1. The summed E-state index contributed by atoms with van der Waals surface area (Å²) in [5, 5.41) is 33.0. The van der Waals surface area contributed by atoms with Crippen molar-refractivity contribution < 1.29 is 14.5 Å². The van der Waals surface area contributed by atoms with E-state index in [1.54, 1.807) is 38.3 Å². The van der Waals surface area contributed by atoms with Crippen LogP contribution in [0.3, 0.4) is 0 Å². The second-order valence-corrected chi connectivity index (χ2v) is 6.61. The molecule has 0 bridgehead atoms. The maximum Gasteiger partial charge on any atom is 0.138 e. The smallest absolute Gasteiger partial charge is 0.138 e. The molecule has 1 N–H and O–H groups in total. The predicted molar refractivity (Wildman–Crippen MR) is 85.2 cm³/mol. The first-order valence-electron chi connectivity index (χ1n) is 7.61. The van der Waals surface area contributed by atoms with Gasteiger partial charge in [0.05, 0.1) is 0 Å². The van der Waals surface area contributed by atoms with Gasteiger partial charge in [0.25, 0.3) is 0 Å². The molecular weight excluding hydrogens is 312 g/mol. The lowest BCUT2D eigenvalue weighted by Crippen LogP contribution is -2.54. The third-order valence-electron chi connectivity index (χ3n) is 4.40. The van der Waals surface area contributed by atoms with Crippen LogP contribution >= 0.6 is 0 Å². The van der Waals surface area contributed by atoms with Crippen molar-refractivity contribution in [1.82, 2.24) is 20.5 Å². The van der Waals surface area contributed by atoms with Crippen LogP contribution in [0.15, 0.2) is 40.8 Å². The fourth-order valence-corrected chi connectivity index (χ4v) is 3.10. The Balaban J connectivity index is 1.90. The fourth-order valence-electron chi connectivity index (χ4n) is 3.10. The third-order valence-corrected chi connectivity index (χ3v) is 4.40. The number of ether oxygens (including phenoxy) is 1. The molecule has 2 aromatic rings. The van der Waals surface area contributed by atoms with E-state index < -0.39 is 17.7 Å². The number of fused-ring (bicyclic) bond motifs is 2. The first kappa shape index (κ1) is 15.0. The summed E-state index contributed by atoms with van der Waals surface area (Å²) in [5.41, 5.74) is 1.78. The van der Waals surface area contributed by atoms with Gasteiger partial charge in [0, 0.05) is 24.0 Å². The molecule has 4 rings (SSSR count). The minimum absolute atomic E-state index is 0.542. The second kappa shape index (κ2) is 4.96. The first-order chi connectivity index (χ1) is 11.4. The Kier molecular flexibility index (Phi) is 3.09. The highest BCUT2D eigenvalue weighted by atomic mass is 16.6. The van der Waals surface area contributed by atoms with Gasteiger partial charge in [0.2, 0.25) is 0 Å². The van der Waals surface area contributed by atoms with Gasteiger partial charge < -0.3 is 20.2 Å². The minimum Gasteiger partial charge on any atom is -0.739 e. The molecule has 0 fully saturated rings. The third kappa shape index (κ3) is 2.15. The first-order valence-corrected chi connectivity index (χ1v) is 7.61. The summed E-state index contributed by atoms with van der Waals surface area (Å²) in [4.78, 5) is 0. The summed E-state index contributed by atoms with van der Waals surface area (Å²) >= 11 is 0. The lowest BCUT2D eigenvalue weighted by atomic mass is 9.86. The number of nitrogens with zero attached hydrogens (tertiary/aromatic N) is 4. The van der Waals surface area contributed by atoms with Crippen LogP contribution in [0, 0.1) is 5.21 Å². The molecule has 126 valence electrons. The number of aliphatic hydroxyl groups excluding tert-OH is 1. The molecule has 2 atom stereocenters. The van der Waals surface area contributed by atoms with Gasteiger partial charge in [-0.2, -0.15) is 0 Å². The zero-order valence-corrected chi connectivity index (χ0v) is 13.5. The molecule has 0 saturated carbocycles. The molecule has 0 saturated heterocycles. The lowest BCUT2D eigenvalue weighted by molar-refractivity contribution is -0.112. The van der Waals surface area contributed by atoms with Crippen molar-refractivity contribution in [2.75, 3.05) is 0 Å². The van der Waals surface area contributed by atoms with Gasteiger partial charge in [0.15, 0.2) is 0 Å². The summed E-state index contributed by atoms with van der Waals surface area (Å²) in [6, 6.07) is 2.83. The number of aliphatic hydroxyl groups is 1. The summed E-state index contributed by atoms with van der Waals surface area (Å²) in [6.45, 7) is 5.45. The van der Waals surface area contributed by atoms with Crippen LogP contribution in [0.4, 0.5) is 0 Å². The van der Waals surface area contributed by atoms with E-state index in [-0.39, 0.29) is 0 Å². The number of hydrazine groups is 1. The van der Waals surface area contributed by atoms with E-state index in [4.69, 9.17) is 9.37 Å². The van der Waals surface area contributed by atoms with Crippen molar-refractivity contribution in [3.05, 3.63) is 47.0 Å². The minimum atomic E-state index is -0.936. The highest BCUT2D eigenvalue weighted by Gasteiger charge is 2.46. The lowest BCUT2D eigenvalue weighted by Gasteiger charge is -2.51. The van der Waals surface area contributed by atoms with E-state index >= 15 is 0 Å². The van der Waals surface area contributed by atoms with Crippen LogP contribution in [0.5, 0.6) is 5.75 Å². The van der Waals surface area contributed by atoms with Gasteiger partial charge in [0.1, 0.15) is 34.5 Å². The Bertz CT molecular complexity index is 857. The van der Waals surface area contributed by atoms with Gasteiger partial charge in [-0.3, -0.25) is 5.01 Å². The number of hydrogen-bond acceptors (Lipinski definition) is 8. The Morgan fingerprint density at radius 2 is 1.96 bits per heavy atom. The van der Waals surface area contributed by atoms with Crippen LogP contribution in [0.1, 0.15) is 32.4 Å². The molecule has 0 radical (unpaired) electrons. The Morgan fingerprint density at radius 3 is 2.71 bits per heavy atom. The van der Waals surface area contributed by atoms with Crippen molar-refractivity contribution in [1.29, 1.82) is 0 Å². The normalized spacial score (nSPS) is 25.5. The second-order valence-electron chi connectivity index (χ2n) is 6.61. The summed E-state index contributed by atoms with van der Waals surface area (Å²) < 4.78 is 10.7. The SMILES string of the molecule is CC1=CN(C2c3cc4nonc4cc3OC(C)(C)C2O)N([O-])C=C1. The van der Waals surface area contributed by atoms with Gasteiger partial charge in [-0.05, 0) is 48.8 Å². The molecule has 8 heteroatoms. The summed E-state index contributed by atoms with van der Waals surface area (Å²) in [6.07, 6.45) is 3.90. The number of benzene rings is 1. The van der Waals surface area contributed by atoms with Gasteiger partial charge in [-0.25, -0.2) is 4.63 Å². The summed E-state index contributed by atoms with van der Waals surface area (Å²) in [7, 11) is 0. The van der Waals surface area contributed by atoms with E-state index in [1.165, 1.54) is 11.2 Å². The van der Waals surface area contributed by atoms with Crippen molar-refractivity contribution in [2.45, 2.75) is 38.5 Å². The molecule has 0 aliphatic carbocycles. The number of allylic oxidation sites excluding steroid dienone is 2. The van der Waals surface area contributed by atoms with Crippen molar-refractivity contribution in [3.63, 3.8) is 0 Å². The van der Waals surface area contributed by atoms with E-state index in [2.05, 4.69) is 10.3 Å². The molecular formula is C16H17N4O4-. The van der Waals surface area contributed by atoms with Gasteiger partial charge in [-0.15, -0.1) is 0 Å². The van der Waals surface area contributed by atoms with Gasteiger partial charge in [-0.1, -0.05) is 0 Å². The van der Waals surface area contributed by atoms with E-state index in [0.717, 1.165) is 5.57 Å². The quantitative estimate of drug-likeness (QED) is 0.850. The Labute approximate surface area is 138 Å². The monoisotopic (exact) mass is 329 g/mol. The van der Waals surface area contributed by atoms with Crippen LogP contribution in [0.2, 0.25) is 0 Å². The van der Waals surface area contributed by atoms with Crippen LogP contribution in [0.25, 0.3) is 11.0 Å². The largest absolute Gasteiger partial charge is 0.739 e. The number of aromatic nitrogens is 2. The fraction of sp³-hybridized carbons (Fsp3) is 0.375. The molecule has 0 spiro atoms. The highest BCUT2D eigenvalue weighted by molar-refractivity contribution is 5.77. The van der Waals surface area contributed by atoms with Crippen LogP contribution in [-0.4, -0.2) is 37.3 Å². The molecule has 1 aromatic heterocycles. The number of rotatable bonds is 1. The van der Waals surface area contributed by atoms with E-state index in [0.29, 0.717) is 27.5 Å². The predicted octanol–water partition coefficient (Wildman–Crippen LogP) is 2.24. The molecule has 24 heavy (non-hydrogen) atoms. The Morgan fingerprint density at radius 1 is 1.25 bits per heavy atom. The van der Waals surface area contributed by atoms with E-state index in [1.807, 2.05) is 6.92 Å². The zero-order valence-electron chi connectivity index (χ0n) is 13.5. The van der Waals surface area contributed by atoms with E-state index in [9.17, 15) is 10.3 Å². The zero-order chi connectivity index (χ0) is 17.1. The standard InChI is InChI=1S/C16H17N4O4/c1-9-4-5-20(22)19(8-9)14-10-6-11-12(18-24-17-11)7-13(10)23-16(2,3)15(14)21/h4-8,14-15,21H,1-3H3/q-1. The molecule has 2 aliphatic heterocycles. The number of hydrogen-bond donors (Lipinski definition) is 1. The molecule has 2 aliphatic rings. The highest BCUT2D eigenvalue weighted by Crippen LogP contribution is 2.45. The molecule has 0 amide bonds. The molecule has 8 nitrogen and oxygen atoms in total. The molecule has 3 heterocycles. The van der Waals surface area contributed by atoms with Crippen molar-refractivity contribution >= 4 is 11.0 Å². The van der Waals surface area contributed by atoms with Crippen molar-refractivity contribution in [3.8, 4) is 5.75 Å². The average Bonchev–Trinajstić information content (AvgIpc) is 2.96. The van der Waals surface area contributed by atoms with Crippen LogP contribution < -0.4 is 4.74 Å². The Hall–Kier alpha value is -2.58. The topological polar surface area (TPSA) is 97.9 Å². The summed E-state index contributed by atoms with van der Waals surface area (Å²) in [5.74, 6) is 0.549.